The molecule has 0 atom stereocenters. The predicted octanol–water partition coefficient (Wildman–Crippen LogP) is 1.10. The van der Waals surface area contributed by atoms with Crippen molar-refractivity contribution >= 4 is 34.1 Å². The molecule has 2 heterocycles. The van der Waals surface area contributed by atoms with Crippen molar-refractivity contribution in [2.75, 3.05) is 5.32 Å². The second kappa shape index (κ2) is 5.49. The van der Waals surface area contributed by atoms with Crippen molar-refractivity contribution in [2.24, 2.45) is 0 Å². The van der Waals surface area contributed by atoms with Crippen LogP contribution in [0.3, 0.4) is 0 Å². The SMILES string of the molecule is Cc1cc(=O)[nH]c(NC(=S)c2nc3ccccc3c(=O)[nH]2)n1. The molecule has 7 nitrogen and oxygen atoms in total. The summed E-state index contributed by atoms with van der Waals surface area (Å²) in [4.78, 5) is 37.1. The highest BCUT2D eigenvalue weighted by Gasteiger charge is 2.09. The highest BCUT2D eigenvalue weighted by Crippen LogP contribution is 2.07. The number of H-pyrrole nitrogens is 2. The van der Waals surface area contributed by atoms with E-state index in [-0.39, 0.29) is 27.9 Å². The Labute approximate surface area is 129 Å². The summed E-state index contributed by atoms with van der Waals surface area (Å²) in [6, 6.07) is 8.32. The van der Waals surface area contributed by atoms with Gasteiger partial charge in [0.1, 0.15) is 4.99 Å². The first-order valence-electron chi connectivity index (χ1n) is 6.41. The highest BCUT2D eigenvalue weighted by molar-refractivity contribution is 7.81. The van der Waals surface area contributed by atoms with Gasteiger partial charge in [-0.05, 0) is 19.1 Å². The number of nitrogens with zero attached hydrogens (tertiary/aromatic N) is 2. The Morgan fingerprint density at radius 2 is 1.95 bits per heavy atom. The number of hydrogen-bond donors (Lipinski definition) is 3. The van der Waals surface area contributed by atoms with E-state index in [9.17, 15) is 9.59 Å². The zero-order chi connectivity index (χ0) is 15.7. The second-order valence-electron chi connectivity index (χ2n) is 4.62. The number of thiocarbonyl (C=S) groups is 1. The number of rotatable bonds is 2. The third-order valence-corrected chi connectivity index (χ3v) is 3.23. The molecule has 0 fully saturated rings. The molecule has 1 aromatic carbocycles. The van der Waals surface area contributed by atoms with Gasteiger partial charge in [0.2, 0.25) is 5.95 Å². The molecule has 0 amide bonds. The lowest BCUT2D eigenvalue weighted by Crippen LogP contribution is -2.22. The molecule has 3 N–H and O–H groups in total. The molecular formula is C14H11N5O2S. The molecule has 0 aliphatic carbocycles. The number of fused-ring (bicyclic) bond motifs is 1. The van der Waals surface area contributed by atoms with Crippen LogP contribution in [0.15, 0.2) is 39.9 Å². The second-order valence-corrected chi connectivity index (χ2v) is 5.03. The van der Waals surface area contributed by atoms with E-state index >= 15 is 0 Å². The molecule has 0 radical (unpaired) electrons. The Kier molecular flexibility index (Phi) is 3.51. The lowest BCUT2D eigenvalue weighted by molar-refractivity contribution is 1.07. The van der Waals surface area contributed by atoms with Gasteiger partial charge in [0, 0.05) is 11.8 Å². The highest BCUT2D eigenvalue weighted by atomic mass is 32.1. The van der Waals surface area contributed by atoms with Crippen LogP contribution in [0, 0.1) is 6.92 Å². The fourth-order valence-electron chi connectivity index (χ4n) is 2.00. The average molecular weight is 313 g/mol. The van der Waals surface area contributed by atoms with E-state index in [1.54, 1.807) is 31.2 Å². The molecule has 3 aromatic rings. The summed E-state index contributed by atoms with van der Waals surface area (Å²) in [5.74, 6) is 0.411. The van der Waals surface area contributed by atoms with Crippen LogP contribution < -0.4 is 16.4 Å². The summed E-state index contributed by atoms with van der Waals surface area (Å²) < 4.78 is 0. The van der Waals surface area contributed by atoms with Crippen LogP contribution in [0.5, 0.6) is 0 Å². The first-order valence-corrected chi connectivity index (χ1v) is 6.82. The third-order valence-electron chi connectivity index (χ3n) is 2.93. The lowest BCUT2D eigenvalue weighted by Gasteiger charge is -2.07. The molecule has 22 heavy (non-hydrogen) atoms. The molecular weight excluding hydrogens is 302 g/mol. The van der Waals surface area contributed by atoms with Crippen molar-refractivity contribution in [3.05, 3.63) is 62.6 Å². The van der Waals surface area contributed by atoms with Crippen LogP contribution >= 0.6 is 12.2 Å². The number of aromatic amines is 2. The monoisotopic (exact) mass is 313 g/mol. The average Bonchev–Trinajstić information content (AvgIpc) is 2.46. The first-order chi connectivity index (χ1) is 10.5. The first kappa shape index (κ1) is 14.1. The Bertz CT molecular complexity index is 992. The molecule has 0 aliphatic heterocycles. The van der Waals surface area contributed by atoms with Crippen LogP contribution in [0.2, 0.25) is 0 Å². The van der Waals surface area contributed by atoms with E-state index < -0.39 is 0 Å². The van der Waals surface area contributed by atoms with E-state index in [4.69, 9.17) is 12.2 Å². The van der Waals surface area contributed by atoms with Crippen LogP contribution in [-0.4, -0.2) is 24.9 Å². The Hall–Kier alpha value is -2.87. The van der Waals surface area contributed by atoms with Crippen molar-refractivity contribution in [1.82, 2.24) is 19.9 Å². The van der Waals surface area contributed by atoms with Crippen LogP contribution in [0.4, 0.5) is 5.95 Å². The molecule has 8 heteroatoms. The van der Waals surface area contributed by atoms with Gasteiger partial charge in [-0.25, -0.2) is 9.97 Å². The lowest BCUT2D eigenvalue weighted by atomic mass is 10.2. The Morgan fingerprint density at radius 1 is 1.18 bits per heavy atom. The maximum atomic E-state index is 12.0. The number of para-hydroxylation sites is 1. The normalized spacial score (nSPS) is 10.6. The predicted molar refractivity (Wildman–Crippen MR) is 87.3 cm³/mol. The maximum Gasteiger partial charge on any atom is 0.259 e. The summed E-state index contributed by atoms with van der Waals surface area (Å²) in [6.07, 6.45) is 0. The molecule has 110 valence electrons. The molecule has 0 saturated carbocycles. The molecule has 0 bridgehead atoms. The summed E-state index contributed by atoms with van der Waals surface area (Å²) in [5.41, 5.74) is 0.512. The molecule has 3 rings (SSSR count). The van der Waals surface area contributed by atoms with E-state index in [1.807, 2.05) is 0 Å². The van der Waals surface area contributed by atoms with E-state index in [0.717, 1.165) is 0 Å². The number of anilines is 1. The number of hydrogen-bond acceptors (Lipinski definition) is 5. The van der Waals surface area contributed by atoms with Crippen molar-refractivity contribution < 1.29 is 0 Å². The van der Waals surface area contributed by atoms with Crippen molar-refractivity contribution in [3.8, 4) is 0 Å². The third kappa shape index (κ3) is 2.77. The van der Waals surface area contributed by atoms with E-state index in [2.05, 4.69) is 25.3 Å². The maximum absolute atomic E-state index is 12.0. The standard InChI is InChI=1S/C14H11N5O2S/c1-7-6-10(20)17-14(15-7)19-13(22)11-16-9-5-3-2-4-8(9)12(21)18-11/h2-6H,1H3,(H,16,18,21)(H2,15,17,19,20,22). The van der Waals surface area contributed by atoms with Crippen LogP contribution in [0.1, 0.15) is 11.5 Å². The van der Waals surface area contributed by atoms with Gasteiger partial charge in [0.15, 0.2) is 5.82 Å². The van der Waals surface area contributed by atoms with Crippen molar-refractivity contribution in [1.29, 1.82) is 0 Å². The Balaban J connectivity index is 1.98. The topological polar surface area (TPSA) is 104 Å². The summed E-state index contributed by atoms with van der Waals surface area (Å²) in [5, 5.41) is 3.25. The van der Waals surface area contributed by atoms with Crippen molar-refractivity contribution in [3.63, 3.8) is 0 Å². The van der Waals surface area contributed by atoms with Crippen molar-refractivity contribution in [2.45, 2.75) is 6.92 Å². The van der Waals surface area contributed by atoms with E-state index in [1.165, 1.54) is 6.07 Å². The molecule has 0 spiro atoms. The minimum Gasteiger partial charge on any atom is -0.314 e. The van der Waals surface area contributed by atoms with Gasteiger partial charge in [-0.1, -0.05) is 24.4 Å². The zero-order valence-corrected chi connectivity index (χ0v) is 12.3. The Morgan fingerprint density at radius 3 is 2.73 bits per heavy atom. The number of nitrogens with one attached hydrogen (secondary N) is 3. The van der Waals surface area contributed by atoms with Crippen LogP contribution in [0.25, 0.3) is 10.9 Å². The minimum atomic E-state index is -0.294. The fourth-order valence-corrected chi connectivity index (χ4v) is 2.19. The van der Waals surface area contributed by atoms with Gasteiger partial charge in [0.05, 0.1) is 10.9 Å². The van der Waals surface area contributed by atoms with Gasteiger partial charge in [-0.15, -0.1) is 0 Å². The van der Waals surface area contributed by atoms with Gasteiger partial charge < -0.3 is 10.3 Å². The van der Waals surface area contributed by atoms with Gasteiger partial charge in [-0.3, -0.25) is 14.6 Å². The van der Waals surface area contributed by atoms with Gasteiger partial charge >= 0.3 is 0 Å². The smallest absolute Gasteiger partial charge is 0.259 e. The summed E-state index contributed by atoms with van der Waals surface area (Å²) in [6.45, 7) is 1.69. The summed E-state index contributed by atoms with van der Waals surface area (Å²) >= 11 is 5.21. The minimum absolute atomic E-state index is 0.164. The molecule has 0 saturated heterocycles. The molecule has 0 aliphatic rings. The number of benzene rings is 1. The molecule has 2 aromatic heterocycles. The number of aromatic nitrogens is 4. The number of aryl methyl sites for hydroxylation is 1. The largest absolute Gasteiger partial charge is 0.314 e. The fraction of sp³-hybridized carbons (Fsp3) is 0.0714. The van der Waals surface area contributed by atoms with E-state index in [0.29, 0.717) is 16.6 Å². The van der Waals surface area contributed by atoms with Gasteiger partial charge in [0.25, 0.3) is 11.1 Å². The molecule has 0 unspecified atom stereocenters. The quantitative estimate of drug-likeness (QED) is 0.612. The van der Waals surface area contributed by atoms with Gasteiger partial charge in [-0.2, -0.15) is 0 Å². The zero-order valence-electron chi connectivity index (χ0n) is 11.5. The summed E-state index contributed by atoms with van der Waals surface area (Å²) in [7, 11) is 0. The van der Waals surface area contributed by atoms with Crippen LogP contribution in [-0.2, 0) is 0 Å².